The fourth-order valence-corrected chi connectivity index (χ4v) is 4.20. The van der Waals surface area contributed by atoms with Gasteiger partial charge in [0, 0.05) is 7.11 Å². The Hall–Kier alpha value is -2.53. The van der Waals surface area contributed by atoms with Crippen LogP contribution in [0.25, 0.3) is 11.1 Å². The Labute approximate surface area is 159 Å². The van der Waals surface area contributed by atoms with Crippen LogP contribution in [0.3, 0.4) is 0 Å². The van der Waals surface area contributed by atoms with Crippen molar-refractivity contribution in [3.05, 3.63) is 53.6 Å². The average Bonchev–Trinajstić information content (AvgIpc) is 3.45. The quantitative estimate of drug-likeness (QED) is 0.742. The molecular weight excluding hydrogens is 342 g/mol. The van der Waals surface area contributed by atoms with Gasteiger partial charge >= 0.3 is 6.09 Å². The predicted molar refractivity (Wildman–Crippen MR) is 103 cm³/mol. The molecule has 1 fully saturated rings. The lowest BCUT2D eigenvalue weighted by molar-refractivity contribution is 0.146. The van der Waals surface area contributed by atoms with Crippen molar-refractivity contribution in [3.8, 4) is 16.9 Å². The van der Waals surface area contributed by atoms with E-state index in [1.54, 1.807) is 7.11 Å². The number of carboxylic acid groups (broad SMARTS) is 1. The highest BCUT2D eigenvalue weighted by atomic mass is 16.5. The molecule has 0 heterocycles. The molecule has 2 aliphatic rings. The molecule has 1 unspecified atom stereocenters. The van der Waals surface area contributed by atoms with E-state index in [-0.39, 0.29) is 11.5 Å². The molecule has 2 N–H and O–H groups in total. The number of carbonyl (C=O) groups is 1. The number of amides is 1. The van der Waals surface area contributed by atoms with E-state index in [0.29, 0.717) is 13.2 Å². The van der Waals surface area contributed by atoms with Crippen molar-refractivity contribution >= 4 is 6.09 Å². The molecule has 5 nitrogen and oxygen atoms in total. The van der Waals surface area contributed by atoms with Gasteiger partial charge in [0.1, 0.15) is 12.4 Å². The zero-order valence-electron chi connectivity index (χ0n) is 15.5. The molecule has 27 heavy (non-hydrogen) atoms. The largest absolute Gasteiger partial charge is 0.491 e. The molecule has 0 bridgehead atoms. The molecule has 2 aromatic carbocycles. The van der Waals surface area contributed by atoms with Crippen LogP contribution in [0.15, 0.2) is 42.5 Å². The molecule has 142 valence electrons. The smallest absolute Gasteiger partial charge is 0.405 e. The molecule has 5 heteroatoms. The standard InChI is InChI=1S/C22H25NO4/c1-26-11-12-27-18-4-2-3-15(14-18)16-5-6-19-17(13-16)7-8-22(9-10-22)20(19)23-21(24)25/h2-6,13-14,20,23H,7-12H2,1H3,(H,24,25). The van der Waals surface area contributed by atoms with Gasteiger partial charge < -0.3 is 19.9 Å². The number of fused-ring (bicyclic) bond motifs is 1. The third-order valence-corrected chi connectivity index (χ3v) is 5.84. The van der Waals surface area contributed by atoms with E-state index >= 15 is 0 Å². The van der Waals surface area contributed by atoms with Gasteiger partial charge in [0.2, 0.25) is 0 Å². The van der Waals surface area contributed by atoms with Gasteiger partial charge in [-0.2, -0.15) is 0 Å². The Morgan fingerprint density at radius 3 is 2.70 bits per heavy atom. The highest BCUT2D eigenvalue weighted by Gasteiger charge is 2.52. The first-order valence-corrected chi connectivity index (χ1v) is 9.46. The summed E-state index contributed by atoms with van der Waals surface area (Å²) in [5.41, 5.74) is 4.75. The van der Waals surface area contributed by atoms with Gasteiger partial charge in [-0.15, -0.1) is 0 Å². The van der Waals surface area contributed by atoms with E-state index in [0.717, 1.165) is 48.1 Å². The summed E-state index contributed by atoms with van der Waals surface area (Å²) in [6, 6.07) is 14.4. The topological polar surface area (TPSA) is 67.8 Å². The molecule has 2 aliphatic carbocycles. The maximum Gasteiger partial charge on any atom is 0.405 e. The second-order valence-corrected chi connectivity index (χ2v) is 7.53. The molecule has 1 spiro atoms. The second-order valence-electron chi connectivity index (χ2n) is 7.53. The van der Waals surface area contributed by atoms with Crippen molar-refractivity contribution in [2.75, 3.05) is 20.3 Å². The van der Waals surface area contributed by atoms with Crippen LogP contribution in [0.5, 0.6) is 5.75 Å². The molecular formula is C22H25NO4. The fraction of sp³-hybridized carbons (Fsp3) is 0.409. The van der Waals surface area contributed by atoms with Gasteiger partial charge in [-0.3, -0.25) is 0 Å². The maximum atomic E-state index is 11.3. The van der Waals surface area contributed by atoms with Gasteiger partial charge in [0.05, 0.1) is 12.6 Å². The predicted octanol–water partition coefficient (Wildman–Crippen LogP) is 4.41. The van der Waals surface area contributed by atoms with Crippen LogP contribution in [-0.2, 0) is 11.2 Å². The molecule has 0 radical (unpaired) electrons. The Bertz CT molecular complexity index is 844. The lowest BCUT2D eigenvalue weighted by Crippen LogP contribution is -2.36. The van der Waals surface area contributed by atoms with E-state index in [4.69, 9.17) is 9.47 Å². The summed E-state index contributed by atoms with van der Waals surface area (Å²) >= 11 is 0. The summed E-state index contributed by atoms with van der Waals surface area (Å²) in [6.07, 6.45) is 3.34. The molecule has 0 aliphatic heterocycles. The van der Waals surface area contributed by atoms with E-state index in [2.05, 4.69) is 29.6 Å². The van der Waals surface area contributed by atoms with E-state index in [1.165, 1.54) is 5.56 Å². The summed E-state index contributed by atoms with van der Waals surface area (Å²) in [4.78, 5) is 11.3. The summed E-state index contributed by atoms with van der Waals surface area (Å²) in [5, 5.41) is 12.0. The molecule has 4 rings (SSSR count). The Morgan fingerprint density at radius 1 is 1.15 bits per heavy atom. The zero-order valence-corrected chi connectivity index (χ0v) is 15.5. The lowest BCUT2D eigenvalue weighted by Gasteiger charge is -2.34. The number of rotatable bonds is 6. The molecule has 1 saturated carbocycles. The number of methoxy groups -OCH3 is 1. The first-order valence-electron chi connectivity index (χ1n) is 9.46. The van der Waals surface area contributed by atoms with E-state index < -0.39 is 6.09 Å². The summed E-state index contributed by atoms with van der Waals surface area (Å²) in [6.45, 7) is 1.08. The van der Waals surface area contributed by atoms with Crippen LogP contribution in [0.4, 0.5) is 4.79 Å². The van der Waals surface area contributed by atoms with Gasteiger partial charge in [-0.1, -0.05) is 30.3 Å². The Kier molecular flexibility index (Phi) is 4.79. The number of hydrogen-bond acceptors (Lipinski definition) is 3. The number of ether oxygens (including phenoxy) is 2. The van der Waals surface area contributed by atoms with Gasteiger partial charge in [-0.05, 0) is 65.5 Å². The van der Waals surface area contributed by atoms with Crippen molar-refractivity contribution in [1.29, 1.82) is 0 Å². The van der Waals surface area contributed by atoms with Gasteiger partial charge in [0.15, 0.2) is 0 Å². The lowest BCUT2D eigenvalue weighted by atomic mass is 9.76. The van der Waals surface area contributed by atoms with Crippen LogP contribution in [0.2, 0.25) is 0 Å². The van der Waals surface area contributed by atoms with Crippen LogP contribution in [0, 0.1) is 5.41 Å². The second kappa shape index (κ2) is 7.24. The maximum absolute atomic E-state index is 11.3. The monoisotopic (exact) mass is 367 g/mol. The normalized spacial score (nSPS) is 19.4. The number of benzene rings is 2. The minimum Gasteiger partial charge on any atom is -0.491 e. The molecule has 1 atom stereocenters. The third kappa shape index (κ3) is 3.65. The zero-order chi connectivity index (χ0) is 18.9. The highest BCUT2D eigenvalue weighted by molar-refractivity contribution is 5.69. The first kappa shape index (κ1) is 17.9. The summed E-state index contributed by atoms with van der Waals surface area (Å²) < 4.78 is 10.7. The summed E-state index contributed by atoms with van der Waals surface area (Å²) in [5.74, 6) is 0.824. The van der Waals surface area contributed by atoms with E-state index in [9.17, 15) is 9.90 Å². The van der Waals surface area contributed by atoms with Crippen LogP contribution in [0.1, 0.15) is 36.4 Å². The van der Waals surface area contributed by atoms with Gasteiger partial charge in [0.25, 0.3) is 0 Å². The van der Waals surface area contributed by atoms with Crippen molar-refractivity contribution in [2.45, 2.75) is 31.7 Å². The summed E-state index contributed by atoms with van der Waals surface area (Å²) in [7, 11) is 1.66. The first-order chi connectivity index (χ1) is 13.1. The van der Waals surface area contributed by atoms with Crippen LogP contribution < -0.4 is 10.1 Å². The molecule has 0 saturated heterocycles. The Morgan fingerprint density at radius 2 is 1.96 bits per heavy atom. The minimum atomic E-state index is -0.941. The van der Waals surface area contributed by atoms with Crippen LogP contribution in [-0.4, -0.2) is 31.5 Å². The van der Waals surface area contributed by atoms with Crippen molar-refractivity contribution in [1.82, 2.24) is 5.32 Å². The van der Waals surface area contributed by atoms with Crippen molar-refractivity contribution in [3.63, 3.8) is 0 Å². The minimum absolute atomic E-state index is 0.0866. The van der Waals surface area contributed by atoms with Gasteiger partial charge in [-0.25, -0.2) is 4.79 Å². The fourth-order valence-electron chi connectivity index (χ4n) is 4.20. The molecule has 1 amide bonds. The molecule has 2 aromatic rings. The van der Waals surface area contributed by atoms with Crippen molar-refractivity contribution in [2.24, 2.45) is 5.41 Å². The SMILES string of the molecule is COCCOc1cccc(-c2ccc3c(c2)CCC2(CC2)C3NC(=O)O)c1. The number of hydrogen-bond donors (Lipinski definition) is 2. The van der Waals surface area contributed by atoms with E-state index in [1.807, 2.05) is 18.2 Å². The number of aryl methyl sites for hydroxylation is 1. The van der Waals surface area contributed by atoms with Crippen molar-refractivity contribution < 1.29 is 19.4 Å². The Balaban J connectivity index is 1.60. The third-order valence-electron chi connectivity index (χ3n) is 5.84. The average molecular weight is 367 g/mol. The number of nitrogens with one attached hydrogen (secondary N) is 1. The van der Waals surface area contributed by atoms with Crippen LogP contribution >= 0.6 is 0 Å². The molecule has 0 aromatic heterocycles. The highest BCUT2D eigenvalue weighted by Crippen LogP contribution is 2.60.